The van der Waals surface area contributed by atoms with Crippen LogP contribution in [-0.4, -0.2) is 5.43 Å². The maximum absolute atomic E-state index is 2.75. The van der Waals surface area contributed by atoms with Crippen molar-refractivity contribution in [3.8, 4) is 0 Å². The maximum atomic E-state index is 2.75. The summed E-state index contributed by atoms with van der Waals surface area (Å²) in [4.78, 5) is 0. The molecule has 0 nitrogen and oxygen atoms in total. The average molecular weight is 605 g/mol. The largest absolute Gasteiger partial charge is 0.147 e. The van der Waals surface area contributed by atoms with Gasteiger partial charge in [0.05, 0.1) is 0 Å². The van der Waals surface area contributed by atoms with Gasteiger partial charge in [0.1, 0.15) is 0 Å². The Morgan fingerprint density at radius 1 is 0.714 bits per heavy atom. The van der Waals surface area contributed by atoms with E-state index < -0.39 is 20.4 Å². The quantitative estimate of drug-likeness (QED) is 0.306. The van der Waals surface area contributed by atoms with Crippen LogP contribution in [0.25, 0.3) is 5.57 Å². The summed E-state index contributed by atoms with van der Waals surface area (Å²) in [5, 5.41) is 0. The molecule has 0 N–H and O–H groups in total. The molecule has 0 radical (unpaired) electrons. The van der Waals surface area contributed by atoms with Gasteiger partial charge >= 0.3 is 211 Å². The predicted octanol–water partition coefficient (Wildman–Crippen LogP) is 9.69. The second-order valence-corrected chi connectivity index (χ2v) is 28.1. The molecule has 2 atom stereocenters. The fourth-order valence-corrected chi connectivity index (χ4v) is 25.9. The van der Waals surface area contributed by atoms with Crippen LogP contribution in [0, 0.1) is 40.5 Å². The molecule has 0 saturated heterocycles. The van der Waals surface area contributed by atoms with Crippen molar-refractivity contribution in [1.29, 1.82) is 0 Å². The van der Waals surface area contributed by atoms with Gasteiger partial charge in [-0.05, 0) is 0 Å². The molecular formula is C31H42Cl2SiZr. The molecule has 2 aliphatic carbocycles. The first-order chi connectivity index (χ1) is 15.5. The van der Waals surface area contributed by atoms with Crippen molar-refractivity contribution >= 4 is 35.8 Å². The van der Waals surface area contributed by atoms with Crippen molar-refractivity contribution in [3.05, 3.63) is 94.8 Å². The minimum atomic E-state index is -1.96. The maximum Gasteiger partial charge on any atom is -0.147 e. The Morgan fingerprint density at radius 2 is 1.23 bits per heavy atom. The van der Waals surface area contributed by atoms with Crippen molar-refractivity contribution in [2.75, 3.05) is 0 Å². The fourth-order valence-electron chi connectivity index (χ4n) is 6.27. The number of fused-ring (bicyclic) bond motifs is 1. The fraction of sp³-hybridized carbons (Fsp3) is 0.419. The molecular weight excluding hydrogens is 563 g/mol. The number of hydrogen-bond acceptors (Lipinski definition) is 0. The summed E-state index contributed by atoms with van der Waals surface area (Å²) in [7, 11) is 0. The summed E-state index contributed by atoms with van der Waals surface area (Å²) in [6.45, 7) is 26.5. The van der Waals surface area contributed by atoms with Gasteiger partial charge in [0, 0.05) is 0 Å². The van der Waals surface area contributed by atoms with E-state index in [-0.39, 0.29) is 30.2 Å². The van der Waals surface area contributed by atoms with E-state index in [1.807, 2.05) is 3.28 Å². The van der Waals surface area contributed by atoms with E-state index in [9.17, 15) is 0 Å². The molecule has 2 aromatic rings. The molecule has 2 aliphatic rings. The molecule has 0 heterocycles. The minimum absolute atomic E-state index is 0. The molecule has 2 unspecified atom stereocenters. The van der Waals surface area contributed by atoms with Gasteiger partial charge in [-0.15, -0.1) is 24.8 Å². The number of hydrogen-bond donors (Lipinski definition) is 0. The van der Waals surface area contributed by atoms with Crippen LogP contribution in [0.15, 0.2) is 50.3 Å². The van der Waals surface area contributed by atoms with E-state index >= 15 is 0 Å². The van der Waals surface area contributed by atoms with Crippen LogP contribution in [0.4, 0.5) is 0 Å². The first kappa shape index (κ1) is 30.6. The summed E-state index contributed by atoms with van der Waals surface area (Å²) >= 11 is -1.96. The molecule has 4 rings (SSSR count). The molecule has 0 fully saturated rings. The van der Waals surface area contributed by atoms with Gasteiger partial charge in [-0.1, -0.05) is 0 Å². The topological polar surface area (TPSA) is 0 Å². The van der Waals surface area contributed by atoms with E-state index in [4.69, 9.17) is 0 Å². The zero-order chi connectivity index (χ0) is 24.4. The zero-order valence-electron chi connectivity index (χ0n) is 23.4. The van der Waals surface area contributed by atoms with Crippen molar-refractivity contribution < 1.29 is 20.4 Å². The summed E-state index contributed by atoms with van der Waals surface area (Å²) < 4.78 is 2.57. The number of allylic oxidation sites excluding steroid dienone is 5. The standard InChI is InChI=1S/C20H21.C9H13.C2H6Si.2ClH.Zr/c1-12-13(2)15(4)20(16(5)14(12)3)19-11-10-17-8-6-7-9-18(17)19;1-6-5-7(2)9(4)8(6)3;1-3-2;;;/h6-11H,1-5H3;6H,1-4H3;1-2H3;2*1H;. The second kappa shape index (κ2) is 11.4. The monoisotopic (exact) mass is 602 g/mol. The van der Waals surface area contributed by atoms with Gasteiger partial charge < -0.3 is 0 Å². The summed E-state index contributed by atoms with van der Waals surface area (Å²) in [6.07, 6.45) is 2.75. The number of halogens is 2. The Morgan fingerprint density at radius 3 is 1.71 bits per heavy atom. The Labute approximate surface area is 234 Å². The van der Waals surface area contributed by atoms with E-state index in [2.05, 4.69) is 106 Å². The zero-order valence-corrected chi connectivity index (χ0v) is 28.4. The molecule has 0 amide bonds. The van der Waals surface area contributed by atoms with Crippen molar-refractivity contribution in [2.45, 2.75) is 79.0 Å². The third kappa shape index (κ3) is 4.83. The van der Waals surface area contributed by atoms with Crippen LogP contribution in [0.3, 0.4) is 0 Å². The van der Waals surface area contributed by atoms with Crippen LogP contribution in [-0.2, 0) is 20.4 Å². The second-order valence-electron chi connectivity index (χ2n) is 10.6. The molecule has 2 aromatic carbocycles. The molecule has 0 saturated carbocycles. The van der Waals surface area contributed by atoms with E-state index in [0.717, 1.165) is 0 Å². The van der Waals surface area contributed by atoms with Crippen LogP contribution < -0.4 is 0 Å². The first-order valence-corrected chi connectivity index (χ1v) is 21.3. The van der Waals surface area contributed by atoms with Crippen molar-refractivity contribution in [1.82, 2.24) is 0 Å². The summed E-state index contributed by atoms with van der Waals surface area (Å²) in [6, 6.07) is 9.38. The Bertz CT molecular complexity index is 1290. The van der Waals surface area contributed by atoms with Crippen molar-refractivity contribution in [3.63, 3.8) is 0 Å². The predicted molar refractivity (Wildman–Crippen MR) is 159 cm³/mol. The molecule has 0 aromatic heterocycles. The van der Waals surface area contributed by atoms with Gasteiger partial charge in [-0.25, -0.2) is 0 Å². The molecule has 0 spiro atoms. The Hall–Kier alpha value is -0.660. The van der Waals surface area contributed by atoms with Crippen LogP contribution in [0.2, 0.25) is 13.1 Å². The molecule has 4 heteroatoms. The minimum Gasteiger partial charge on any atom is -0.147 e. The van der Waals surface area contributed by atoms with Gasteiger partial charge in [0.2, 0.25) is 0 Å². The normalized spacial score (nSPS) is 18.8. The van der Waals surface area contributed by atoms with Gasteiger partial charge in [-0.3, -0.25) is 0 Å². The first-order valence-electron chi connectivity index (χ1n) is 12.4. The Balaban J connectivity index is 0.00000216. The van der Waals surface area contributed by atoms with Gasteiger partial charge in [0.15, 0.2) is 0 Å². The van der Waals surface area contributed by atoms with Crippen molar-refractivity contribution in [2.24, 2.45) is 5.92 Å². The molecule has 188 valence electrons. The van der Waals surface area contributed by atoms with Crippen LogP contribution >= 0.6 is 24.8 Å². The average Bonchev–Trinajstić information content (AvgIpc) is 3.24. The molecule has 0 aliphatic heterocycles. The summed E-state index contributed by atoms with van der Waals surface area (Å²) in [5.74, 6) is 0.649. The summed E-state index contributed by atoms with van der Waals surface area (Å²) in [5.41, 5.74) is 17.9. The van der Waals surface area contributed by atoms with E-state index in [1.165, 1.54) is 44.5 Å². The smallest absolute Gasteiger partial charge is 0.147 e. The number of benzene rings is 2. The SMILES string of the molecule is CC1=C(C)C(C)[C]([Zr]([CH]2C=C(c3c(C)c(C)c(C)c(C)c3C)c3ccccc32)=[Si](C)C)=C1C.Cl.Cl. The van der Waals surface area contributed by atoms with Crippen LogP contribution in [0.1, 0.15) is 75.8 Å². The van der Waals surface area contributed by atoms with Gasteiger partial charge in [-0.2, -0.15) is 0 Å². The van der Waals surface area contributed by atoms with E-state index in [0.29, 0.717) is 9.54 Å². The molecule has 0 bridgehead atoms. The third-order valence-electron chi connectivity index (χ3n) is 8.97. The van der Waals surface area contributed by atoms with Gasteiger partial charge in [0.25, 0.3) is 0 Å². The van der Waals surface area contributed by atoms with E-state index in [1.54, 1.807) is 22.3 Å². The van der Waals surface area contributed by atoms with Crippen LogP contribution in [0.5, 0.6) is 0 Å². The molecule has 35 heavy (non-hydrogen) atoms. The Kier molecular flexibility index (Phi) is 9.94. The third-order valence-corrected chi connectivity index (χ3v) is 27.5. The number of rotatable bonds is 3.